The normalized spacial score (nSPS) is 7.33. The van der Waals surface area contributed by atoms with Crippen LogP contribution in [-0.4, -0.2) is 24.7 Å². The van der Waals surface area contributed by atoms with E-state index in [0.29, 0.717) is 11.5 Å². The highest BCUT2D eigenvalue weighted by Crippen LogP contribution is 1.92. The van der Waals surface area contributed by atoms with Crippen molar-refractivity contribution in [1.29, 1.82) is 0 Å². The first-order valence-electron chi connectivity index (χ1n) is 2.15. The molecule has 0 rings (SSSR count). The van der Waals surface area contributed by atoms with Crippen LogP contribution in [0.1, 0.15) is 0 Å². The highest BCUT2D eigenvalue weighted by atomic mass is 32.2. The molecule has 5 heteroatoms. The van der Waals surface area contributed by atoms with E-state index < -0.39 is 0 Å². The van der Waals surface area contributed by atoms with E-state index in [9.17, 15) is 10.2 Å². The van der Waals surface area contributed by atoms with Gasteiger partial charge >= 0.3 is 0 Å². The molecule has 0 aromatic rings. The molecule has 9 heavy (non-hydrogen) atoms. The SMILES string of the molecule is [NH4+].[NH4+].[O-]CCSCC[O-]. The average molecular weight is 156 g/mol. The molecule has 0 heterocycles. The Bertz CT molecular complexity index is 35.7. The van der Waals surface area contributed by atoms with Crippen molar-refractivity contribution in [2.24, 2.45) is 0 Å². The van der Waals surface area contributed by atoms with E-state index in [1.165, 1.54) is 11.8 Å². The summed E-state index contributed by atoms with van der Waals surface area (Å²) in [6.07, 6.45) is 0. The summed E-state index contributed by atoms with van der Waals surface area (Å²) >= 11 is 1.43. The van der Waals surface area contributed by atoms with Crippen LogP contribution in [0.5, 0.6) is 0 Å². The molecule has 0 unspecified atom stereocenters. The predicted octanol–water partition coefficient (Wildman–Crippen LogP) is -0.807. The molecule has 0 amide bonds. The topological polar surface area (TPSA) is 119 Å². The van der Waals surface area contributed by atoms with Gasteiger partial charge in [0.05, 0.1) is 0 Å². The van der Waals surface area contributed by atoms with Gasteiger partial charge in [0.15, 0.2) is 0 Å². The smallest absolute Gasteiger partial charge is 0.0222 e. The molecule has 0 aliphatic rings. The van der Waals surface area contributed by atoms with Gasteiger partial charge in [-0.15, -0.1) is 13.2 Å². The Morgan fingerprint density at radius 3 is 1.44 bits per heavy atom. The number of hydrogen-bond acceptors (Lipinski definition) is 3. The Morgan fingerprint density at radius 1 is 0.889 bits per heavy atom. The second-order valence-electron chi connectivity index (χ2n) is 1.02. The van der Waals surface area contributed by atoms with Gasteiger partial charge in [-0.05, 0) is 11.5 Å². The Labute approximate surface area is 59.8 Å². The van der Waals surface area contributed by atoms with Gasteiger partial charge in [-0.25, -0.2) is 0 Å². The third kappa shape index (κ3) is 17.9. The molecular weight excluding hydrogens is 140 g/mol. The maximum absolute atomic E-state index is 9.68. The first kappa shape index (κ1) is 16.1. The summed E-state index contributed by atoms with van der Waals surface area (Å²) in [5.41, 5.74) is 0. The molecule has 0 radical (unpaired) electrons. The summed E-state index contributed by atoms with van der Waals surface area (Å²) in [7, 11) is 0. The Balaban J connectivity index is -0.000000180. The number of hydrogen-bond donors (Lipinski definition) is 2. The summed E-state index contributed by atoms with van der Waals surface area (Å²) in [4.78, 5) is 0. The molecule has 0 spiro atoms. The van der Waals surface area contributed by atoms with Crippen LogP contribution < -0.4 is 22.5 Å². The Morgan fingerprint density at radius 2 is 1.22 bits per heavy atom. The molecule has 0 aliphatic carbocycles. The van der Waals surface area contributed by atoms with Gasteiger partial charge in [0.25, 0.3) is 0 Å². The fraction of sp³-hybridized carbons (Fsp3) is 1.00. The maximum atomic E-state index is 9.68. The minimum absolute atomic E-state index is 0. The zero-order valence-electron chi connectivity index (χ0n) is 6.05. The van der Waals surface area contributed by atoms with Crippen LogP contribution in [-0.2, 0) is 0 Å². The molecule has 0 fully saturated rings. The summed E-state index contributed by atoms with van der Waals surface area (Å²) < 4.78 is 0. The van der Waals surface area contributed by atoms with Crippen molar-refractivity contribution in [2.45, 2.75) is 0 Å². The van der Waals surface area contributed by atoms with E-state index in [2.05, 4.69) is 0 Å². The quantitative estimate of drug-likeness (QED) is 0.518. The number of thioether (sulfide) groups is 1. The van der Waals surface area contributed by atoms with Gasteiger partial charge in [0.1, 0.15) is 0 Å². The second-order valence-corrected chi connectivity index (χ2v) is 2.25. The Kier molecular flexibility index (Phi) is 28.1. The fourth-order valence-electron chi connectivity index (χ4n) is 0.220. The minimum Gasteiger partial charge on any atom is -0.854 e. The summed E-state index contributed by atoms with van der Waals surface area (Å²) in [6, 6.07) is 0. The summed E-state index contributed by atoms with van der Waals surface area (Å²) in [6.45, 7) is -0.130. The standard InChI is InChI=1S/C4H8O2S.2H3N/c5-1-3-7-4-2-6;;/h1-4H2;2*1H3/q-2;;/p+2. The summed E-state index contributed by atoms with van der Waals surface area (Å²) in [5, 5.41) is 19.4. The molecule has 0 aliphatic heterocycles. The van der Waals surface area contributed by atoms with E-state index >= 15 is 0 Å². The van der Waals surface area contributed by atoms with Crippen LogP contribution in [0.2, 0.25) is 0 Å². The maximum Gasteiger partial charge on any atom is -0.0222 e. The largest absolute Gasteiger partial charge is 0.854 e. The third-order valence-electron chi connectivity index (χ3n) is 0.455. The van der Waals surface area contributed by atoms with Crippen molar-refractivity contribution in [3.8, 4) is 0 Å². The van der Waals surface area contributed by atoms with Gasteiger partial charge in [-0.1, -0.05) is 0 Å². The molecule has 0 aromatic heterocycles. The molecule has 0 atom stereocenters. The molecule has 0 aromatic carbocycles. The van der Waals surface area contributed by atoms with Crippen LogP contribution in [0.15, 0.2) is 0 Å². The monoisotopic (exact) mass is 156 g/mol. The van der Waals surface area contributed by atoms with E-state index in [1.54, 1.807) is 0 Å². The minimum atomic E-state index is -0.0648. The van der Waals surface area contributed by atoms with Crippen LogP contribution in [0, 0.1) is 0 Å². The van der Waals surface area contributed by atoms with Crippen LogP contribution in [0.3, 0.4) is 0 Å². The lowest BCUT2D eigenvalue weighted by Gasteiger charge is -2.03. The first-order valence-corrected chi connectivity index (χ1v) is 3.31. The molecule has 8 N–H and O–H groups in total. The number of quaternary nitrogens is 2. The Hall–Kier alpha value is 0.190. The lowest BCUT2D eigenvalue weighted by atomic mass is 10.9. The van der Waals surface area contributed by atoms with E-state index in [4.69, 9.17) is 0 Å². The van der Waals surface area contributed by atoms with Crippen LogP contribution in [0.25, 0.3) is 0 Å². The zero-order valence-corrected chi connectivity index (χ0v) is 6.87. The molecular formula is C4H16N2O2S. The van der Waals surface area contributed by atoms with E-state index in [1.807, 2.05) is 0 Å². The average Bonchev–Trinajstić information content (AvgIpc) is 1.69. The number of rotatable bonds is 4. The molecule has 0 bridgehead atoms. The lowest BCUT2D eigenvalue weighted by molar-refractivity contribution is -0.361. The second kappa shape index (κ2) is 15.7. The van der Waals surface area contributed by atoms with Crippen molar-refractivity contribution >= 4 is 11.8 Å². The third-order valence-corrected chi connectivity index (χ3v) is 1.37. The lowest BCUT2D eigenvalue weighted by Crippen LogP contribution is -2.12. The van der Waals surface area contributed by atoms with Gasteiger partial charge in [0, 0.05) is 0 Å². The van der Waals surface area contributed by atoms with E-state index in [0.717, 1.165) is 0 Å². The van der Waals surface area contributed by atoms with Gasteiger partial charge in [-0.3, -0.25) is 0 Å². The highest BCUT2D eigenvalue weighted by molar-refractivity contribution is 7.99. The van der Waals surface area contributed by atoms with Crippen molar-refractivity contribution in [1.82, 2.24) is 12.3 Å². The summed E-state index contributed by atoms with van der Waals surface area (Å²) in [5.74, 6) is 1.17. The molecule has 4 nitrogen and oxygen atoms in total. The van der Waals surface area contributed by atoms with Gasteiger partial charge in [0.2, 0.25) is 0 Å². The van der Waals surface area contributed by atoms with Crippen molar-refractivity contribution in [3.05, 3.63) is 0 Å². The first-order chi connectivity index (χ1) is 3.41. The van der Waals surface area contributed by atoms with E-state index in [-0.39, 0.29) is 25.5 Å². The van der Waals surface area contributed by atoms with Crippen molar-refractivity contribution < 1.29 is 10.2 Å². The zero-order chi connectivity index (χ0) is 5.54. The predicted molar refractivity (Wildman–Crippen MR) is 39.0 cm³/mol. The van der Waals surface area contributed by atoms with Crippen molar-refractivity contribution in [3.63, 3.8) is 0 Å². The fourth-order valence-corrected chi connectivity index (χ4v) is 0.660. The van der Waals surface area contributed by atoms with Gasteiger partial charge in [-0.2, -0.15) is 11.8 Å². The molecule has 0 saturated carbocycles. The highest BCUT2D eigenvalue weighted by Gasteiger charge is 1.72. The van der Waals surface area contributed by atoms with Crippen LogP contribution >= 0.6 is 11.8 Å². The molecule has 0 saturated heterocycles. The van der Waals surface area contributed by atoms with Crippen molar-refractivity contribution in [2.75, 3.05) is 24.7 Å². The molecule has 60 valence electrons. The van der Waals surface area contributed by atoms with Gasteiger partial charge < -0.3 is 22.5 Å². The van der Waals surface area contributed by atoms with Crippen LogP contribution in [0.4, 0.5) is 0 Å².